The summed E-state index contributed by atoms with van der Waals surface area (Å²) in [5.41, 5.74) is 2.24. The number of amides is 3. The van der Waals surface area contributed by atoms with Crippen molar-refractivity contribution in [3.05, 3.63) is 88.7 Å². The second kappa shape index (κ2) is 15.2. The van der Waals surface area contributed by atoms with E-state index in [0.29, 0.717) is 29.3 Å². The van der Waals surface area contributed by atoms with Crippen LogP contribution >= 0.6 is 11.6 Å². The minimum atomic E-state index is -3.97. The normalized spacial score (nSPS) is 13.4. The quantitative estimate of drug-likeness (QED) is 0.340. The van der Waals surface area contributed by atoms with Crippen LogP contribution in [-0.2, 0) is 16.4 Å². The van der Waals surface area contributed by atoms with Crippen molar-refractivity contribution in [1.29, 1.82) is 0 Å². The third-order valence-electron chi connectivity index (χ3n) is 6.32. The summed E-state index contributed by atoms with van der Waals surface area (Å²) in [5.74, 6) is 0.105. The monoisotopic (exact) mass is 586 g/mol. The number of pyridine rings is 1. The van der Waals surface area contributed by atoms with E-state index >= 15 is 0 Å². The molecule has 4 rings (SSSR count). The molecule has 9 nitrogen and oxygen atoms in total. The molecule has 0 atom stereocenters. The van der Waals surface area contributed by atoms with E-state index in [4.69, 9.17) is 16.3 Å². The number of aryl methyl sites for hydroxylation is 1. The molecular weight excluding hydrogens is 552 g/mol. The number of methoxy groups -OCH3 is 1. The number of carbonyl (C=O) groups excluding carboxylic acids is 2. The number of rotatable bonds is 8. The molecule has 3 N–H and O–H groups in total. The van der Waals surface area contributed by atoms with Crippen molar-refractivity contribution in [3.63, 3.8) is 0 Å². The highest BCUT2D eigenvalue weighted by Crippen LogP contribution is 2.22. The van der Waals surface area contributed by atoms with Crippen LogP contribution in [0.2, 0.25) is 5.02 Å². The number of hydrogen-bond donors (Lipinski definition) is 3. The maximum absolute atomic E-state index is 12.5. The first-order chi connectivity index (χ1) is 19.2. The van der Waals surface area contributed by atoms with Crippen LogP contribution in [0.5, 0.6) is 5.75 Å². The lowest BCUT2D eigenvalue weighted by Gasteiger charge is -2.22. The minimum absolute atomic E-state index is 0.00209. The summed E-state index contributed by atoms with van der Waals surface area (Å²) in [7, 11) is -2.49. The molecule has 0 aliphatic heterocycles. The van der Waals surface area contributed by atoms with Gasteiger partial charge < -0.3 is 15.4 Å². The molecule has 1 aliphatic carbocycles. The standard InChI is InChI=1S/C23H28ClN3O5S.C6H7N/c1-32-21-12-9-17(24)15-20(21)22(28)25-14-13-16-7-10-19(11-8-16)33(30,31)27-23(29)26-18-5-3-2-4-6-18;1-6-4-2-3-5-7-6/h7-12,15,18H,2-6,13-14H2,1H3,(H,25,28)(H2,26,27,29);2-5H,1H3. The van der Waals surface area contributed by atoms with Gasteiger partial charge in [-0.05, 0) is 74.2 Å². The molecular formula is C29H35ClN4O5S. The largest absolute Gasteiger partial charge is 0.496 e. The maximum Gasteiger partial charge on any atom is 0.328 e. The van der Waals surface area contributed by atoms with Gasteiger partial charge in [0.2, 0.25) is 0 Å². The molecule has 3 aromatic rings. The Bertz CT molecular complexity index is 1360. The second-order valence-corrected chi connectivity index (χ2v) is 11.5. The number of nitrogens with one attached hydrogen (secondary N) is 3. The third kappa shape index (κ3) is 9.84. The Morgan fingerprint density at radius 1 is 1.02 bits per heavy atom. The van der Waals surface area contributed by atoms with Gasteiger partial charge in [0.15, 0.2) is 0 Å². The fourth-order valence-electron chi connectivity index (χ4n) is 4.20. The zero-order valence-electron chi connectivity index (χ0n) is 22.7. The summed E-state index contributed by atoms with van der Waals surface area (Å²) >= 11 is 5.96. The molecule has 1 heterocycles. The number of sulfonamides is 1. The molecule has 1 fully saturated rings. The zero-order chi connectivity index (χ0) is 29.0. The van der Waals surface area contributed by atoms with E-state index in [-0.39, 0.29) is 16.8 Å². The molecule has 1 aliphatic rings. The van der Waals surface area contributed by atoms with E-state index in [1.807, 2.05) is 25.1 Å². The highest BCUT2D eigenvalue weighted by atomic mass is 35.5. The Kier molecular flexibility index (Phi) is 11.8. The first kappa shape index (κ1) is 30.9. The highest BCUT2D eigenvalue weighted by molar-refractivity contribution is 7.90. The summed E-state index contributed by atoms with van der Waals surface area (Å²) < 4.78 is 32.2. The van der Waals surface area contributed by atoms with Crippen LogP contribution in [0.25, 0.3) is 0 Å². The number of ether oxygens (including phenoxy) is 1. The van der Waals surface area contributed by atoms with Crippen LogP contribution in [-0.4, -0.2) is 45.0 Å². The lowest BCUT2D eigenvalue weighted by Crippen LogP contribution is -2.45. The zero-order valence-corrected chi connectivity index (χ0v) is 24.2. The van der Waals surface area contributed by atoms with Gasteiger partial charge in [0.25, 0.3) is 15.9 Å². The van der Waals surface area contributed by atoms with Crippen molar-refractivity contribution < 1.29 is 22.7 Å². The SMILES string of the molecule is COc1ccc(Cl)cc1C(=O)NCCc1ccc(S(=O)(=O)NC(=O)NC2CCCCC2)cc1.Cc1ccccn1. The number of halogens is 1. The molecule has 0 radical (unpaired) electrons. The van der Waals surface area contributed by atoms with Crippen molar-refractivity contribution in [2.75, 3.05) is 13.7 Å². The molecule has 3 amide bonds. The molecule has 0 bridgehead atoms. The van der Waals surface area contributed by atoms with Gasteiger partial charge in [-0.3, -0.25) is 9.78 Å². The third-order valence-corrected chi connectivity index (χ3v) is 7.90. The van der Waals surface area contributed by atoms with E-state index in [1.165, 1.54) is 25.3 Å². The Morgan fingerprint density at radius 3 is 2.35 bits per heavy atom. The molecule has 1 aromatic heterocycles. The topological polar surface area (TPSA) is 126 Å². The predicted molar refractivity (Wildman–Crippen MR) is 155 cm³/mol. The number of hydrogen-bond acceptors (Lipinski definition) is 6. The minimum Gasteiger partial charge on any atom is -0.496 e. The van der Waals surface area contributed by atoms with Gasteiger partial charge in [-0.2, -0.15) is 0 Å². The highest BCUT2D eigenvalue weighted by Gasteiger charge is 2.21. The average Bonchev–Trinajstić information content (AvgIpc) is 2.94. The van der Waals surface area contributed by atoms with Crippen molar-refractivity contribution in [3.8, 4) is 5.75 Å². The lowest BCUT2D eigenvalue weighted by molar-refractivity contribution is 0.0951. The van der Waals surface area contributed by atoms with E-state index in [1.54, 1.807) is 30.5 Å². The molecule has 40 heavy (non-hydrogen) atoms. The summed E-state index contributed by atoms with van der Waals surface area (Å²) in [5, 5.41) is 5.96. The smallest absolute Gasteiger partial charge is 0.328 e. The predicted octanol–water partition coefficient (Wildman–Crippen LogP) is 5.03. The van der Waals surface area contributed by atoms with Crippen molar-refractivity contribution in [1.82, 2.24) is 20.3 Å². The van der Waals surface area contributed by atoms with Gasteiger partial charge in [0.1, 0.15) is 5.75 Å². The van der Waals surface area contributed by atoms with E-state index < -0.39 is 16.1 Å². The van der Waals surface area contributed by atoms with Gasteiger partial charge >= 0.3 is 6.03 Å². The molecule has 2 aromatic carbocycles. The Morgan fingerprint density at radius 2 is 1.75 bits per heavy atom. The van der Waals surface area contributed by atoms with E-state index in [0.717, 1.165) is 43.4 Å². The second-order valence-electron chi connectivity index (χ2n) is 9.38. The van der Waals surface area contributed by atoms with Gasteiger partial charge in [-0.25, -0.2) is 17.9 Å². The average molecular weight is 587 g/mol. The summed E-state index contributed by atoms with van der Waals surface area (Å²) in [4.78, 5) is 28.5. The van der Waals surface area contributed by atoms with Crippen LogP contribution in [0.15, 0.2) is 71.8 Å². The summed E-state index contributed by atoms with van der Waals surface area (Å²) in [6.07, 6.45) is 7.22. The van der Waals surface area contributed by atoms with Crippen LogP contribution in [0, 0.1) is 6.92 Å². The Labute approximate surface area is 240 Å². The van der Waals surface area contributed by atoms with Gasteiger partial charge in [-0.15, -0.1) is 0 Å². The van der Waals surface area contributed by atoms with Gasteiger partial charge in [-0.1, -0.05) is 49.1 Å². The van der Waals surface area contributed by atoms with Crippen molar-refractivity contribution >= 4 is 33.6 Å². The number of carbonyl (C=O) groups is 2. The van der Waals surface area contributed by atoms with Gasteiger partial charge in [0, 0.05) is 29.5 Å². The number of nitrogens with zero attached hydrogens (tertiary/aromatic N) is 1. The van der Waals surface area contributed by atoms with Crippen LogP contribution in [0.3, 0.4) is 0 Å². The van der Waals surface area contributed by atoms with Crippen LogP contribution in [0.1, 0.15) is 53.7 Å². The molecule has 1 saturated carbocycles. The molecule has 0 unspecified atom stereocenters. The number of aromatic nitrogens is 1. The maximum atomic E-state index is 12.5. The van der Waals surface area contributed by atoms with Crippen LogP contribution < -0.4 is 20.1 Å². The Hall–Kier alpha value is -3.63. The van der Waals surface area contributed by atoms with Gasteiger partial charge in [0.05, 0.1) is 17.6 Å². The molecule has 214 valence electrons. The van der Waals surface area contributed by atoms with E-state index in [9.17, 15) is 18.0 Å². The van der Waals surface area contributed by atoms with Crippen molar-refractivity contribution in [2.45, 2.75) is 56.4 Å². The van der Waals surface area contributed by atoms with Crippen molar-refractivity contribution in [2.24, 2.45) is 0 Å². The first-order valence-corrected chi connectivity index (χ1v) is 15.0. The molecule has 0 spiro atoms. The lowest BCUT2D eigenvalue weighted by atomic mass is 9.96. The number of urea groups is 1. The molecule has 0 saturated heterocycles. The summed E-state index contributed by atoms with van der Waals surface area (Å²) in [6.45, 7) is 2.31. The molecule has 11 heteroatoms. The first-order valence-electron chi connectivity index (χ1n) is 13.1. The fraction of sp³-hybridized carbons (Fsp3) is 0.345. The fourth-order valence-corrected chi connectivity index (χ4v) is 5.29. The number of benzene rings is 2. The van der Waals surface area contributed by atoms with E-state index in [2.05, 4.69) is 20.3 Å². The summed E-state index contributed by atoms with van der Waals surface area (Å²) in [6, 6.07) is 16.1. The Balaban J connectivity index is 0.000000547. The van der Waals surface area contributed by atoms with Crippen LogP contribution in [0.4, 0.5) is 4.79 Å².